The number of Topliss-reactive ketones (excluding diaryl/α,β-unsaturated/α-hetero) is 1. The summed E-state index contributed by atoms with van der Waals surface area (Å²) in [4.78, 5) is 105. The standard InChI is InChI=1S/C52H65N5O13/c1-7-52(3,4)47(61)51(65)56-27-11-8-17-37(56)32(2)70-39(22-19-33-20-23-40(66-5)42(28-33)67-6)34-14-12-15-35(29-34)68-30-44(59)53-25-9-10-26-54-45(60)31-69-41-18-13-16-36-46(41)50(64)57(49(36)63)38-21-24-43(58)55-48(38)62/h12-16,18,20,23,28-29,32,37-39H,7-11,17,19,21-22,24-27,30-31H2,1-6H3,(H,53,59)(H,54,60)(H,55,58,62)/t32?,37?,38?,39-/m1/s1. The molecule has 376 valence electrons. The first kappa shape index (κ1) is 52.5. The first-order chi connectivity index (χ1) is 33.6. The number of nitrogens with zero attached hydrogens (tertiary/aromatic N) is 2. The second-order valence-electron chi connectivity index (χ2n) is 18.4. The molecule has 3 aromatic carbocycles. The number of aryl methyl sites for hydroxylation is 1. The Kier molecular flexibility index (Phi) is 18.1. The molecule has 3 aliphatic rings. The zero-order valence-electron chi connectivity index (χ0n) is 40.9. The molecular formula is C52H65N5O13. The van der Waals surface area contributed by atoms with Crippen LogP contribution in [-0.2, 0) is 39.9 Å². The molecule has 0 radical (unpaired) electrons. The van der Waals surface area contributed by atoms with Crippen LogP contribution in [0.5, 0.6) is 23.0 Å². The van der Waals surface area contributed by atoms with Gasteiger partial charge in [0.1, 0.15) is 17.5 Å². The van der Waals surface area contributed by atoms with Gasteiger partial charge in [-0.2, -0.15) is 0 Å². The fourth-order valence-corrected chi connectivity index (χ4v) is 8.78. The number of carbonyl (C=O) groups excluding carboxylic acids is 8. The van der Waals surface area contributed by atoms with E-state index in [1.165, 1.54) is 18.2 Å². The first-order valence-electron chi connectivity index (χ1n) is 24.0. The number of unbranched alkanes of at least 4 members (excludes halogenated alkanes) is 1. The van der Waals surface area contributed by atoms with Crippen LogP contribution in [0.3, 0.4) is 0 Å². The van der Waals surface area contributed by atoms with E-state index in [9.17, 15) is 38.4 Å². The molecule has 0 bridgehead atoms. The topological polar surface area (TPSA) is 225 Å². The minimum Gasteiger partial charge on any atom is -0.493 e. The second kappa shape index (κ2) is 24.1. The number of carbonyl (C=O) groups is 8. The van der Waals surface area contributed by atoms with Crippen LogP contribution in [-0.4, -0.2) is 122 Å². The summed E-state index contributed by atoms with van der Waals surface area (Å²) < 4.78 is 29.4. The van der Waals surface area contributed by atoms with E-state index in [4.69, 9.17) is 23.7 Å². The van der Waals surface area contributed by atoms with E-state index in [0.29, 0.717) is 68.9 Å². The van der Waals surface area contributed by atoms with E-state index >= 15 is 0 Å². The molecule has 3 heterocycles. The summed E-state index contributed by atoms with van der Waals surface area (Å²) in [7, 11) is 3.18. The van der Waals surface area contributed by atoms with E-state index in [0.717, 1.165) is 28.9 Å². The lowest BCUT2D eigenvalue weighted by Gasteiger charge is -2.41. The van der Waals surface area contributed by atoms with Gasteiger partial charge in [0.05, 0.1) is 43.6 Å². The quantitative estimate of drug-likeness (QED) is 0.0609. The number of amides is 7. The third-order valence-electron chi connectivity index (χ3n) is 13.2. The largest absolute Gasteiger partial charge is 0.493 e. The van der Waals surface area contributed by atoms with Crippen LogP contribution in [0.2, 0.25) is 0 Å². The summed E-state index contributed by atoms with van der Waals surface area (Å²) in [6.07, 6.45) is 4.39. The number of ether oxygens (including phenoxy) is 5. The Bertz CT molecular complexity index is 2440. The fraction of sp³-hybridized carbons (Fsp3) is 0.500. The second-order valence-corrected chi connectivity index (χ2v) is 18.4. The lowest BCUT2D eigenvalue weighted by molar-refractivity contribution is -0.155. The van der Waals surface area contributed by atoms with E-state index in [1.807, 2.05) is 50.2 Å². The summed E-state index contributed by atoms with van der Waals surface area (Å²) in [6.45, 7) is 7.90. The molecule has 3 N–H and O–H groups in total. The van der Waals surface area contributed by atoms with Gasteiger partial charge >= 0.3 is 0 Å². The lowest BCUT2D eigenvalue weighted by atomic mass is 9.84. The summed E-state index contributed by atoms with van der Waals surface area (Å²) in [5.74, 6) is -2.55. The van der Waals surface area contributed by atoms with Crippen LogP contribution in [0.25, 0.3) is 0 Å². The number of benzene rings is 3. The first-order valence-corrected chi connectivity index (χ1v) is 24.0. The molecule has 3 aromatic rings. The van der Waals surface area contributed by atoms with E-state index in [1.54, 1.807) is 39.0 Å². The molecule has 0 spiro atoms. The van der Waals surface area contributed by atoms with Crippen molar-refractivity contribution >= 4 is 47.1 Å². The Balaban J connectivity index is 0.979. The highest BCUT2D eigenvalue weighted by Crippen LogP contribution is 2.36. The zero-order chi connectivity index (χ0) is 50.5. The highest BCUT2D eigenvalue weighted by atomic mass is 16.5. The molecule has 0 saturated carbocycles. The molecule has 3 unspecified atom stereocenters. The molecule has 2 fully saturated rings. The number of likely N-dealkylation sites (tertiary alicyclic amines) is 1. The highest BCUT2D eigenvalue weighted by molar-refractivity contribution is 6.38. The van der Waals surface area contributed by atoms with Gasteiger partial charge in [-0.15, -0.1) is 0 Å². The van der Waals surface area contributed by atoms with Crippen molar-refractivity contribution in [3.8, 4) is 23.0 Å². The zero-order valence-corrected chi connectivity index (χ0v) is 40.9. The minimum absolute atomic E-state index is 0.00978. The van der Waals surface area contributed by atoms with E-state index in [2.05, 4.69) is 16.0 Å². The molecular weight excluding hydrogens is 903 g/mol. The van der Waals surface area contributed by atoms with E-state index < -0.39 is 71.5 Å². The van der Waals surface area contributed by atoms with Gasteiger partial charge in [0.15, 0.2) is 24.7 Å². The third kappa shape index (κ3) is 12.9. The van der Waals surface area contributed by atoms with Gasteiger partial charge in [-0.25, -0.2) is 0 Å². The molecule has 7 amide bonds. The number of hydrogen-bond acceptors (Lipinski definition) is 13. The Hall–Kier alpha value is -6.82. The van der Waals surface area contributed by atoms with Crippen molar-refractivity contribution in [2.45, 2.75) is 116 Å². The number of hydrogen-bond donors (Lipinski definition) is 3. The van der Waals surface area contributed by atoms with Crippen molar-refractivity contribution in [1.29, 1.82) is 0 Å². The minimum atomic E-state index is -1.13. The Morgan fingerprint density at radius 2 is 1.51 bits per heavy atom. The molecule has 0 aliphatic carbocycles. The molecule has 2 saturated heterocycles. The van der Waals surface area contributed by atoms with Crippen LogP contribution in [0.15, 0.2) is 60.7 Å². The highest BCUT2D eigenvalue weighted by Gasteiger charge is 2.46. The molecule has 3 aliphatic heterocycles. The lowest BCUT2D eigenvalue weighted by Crippen LogP contribution is -2.54. The number of methoxy groups -OCH3 is 2. The number of rotatable bonds is 24. The van der Waals surface area contributed by atoms with Gasteiger partial charge in [-0.05, 0) is 112 Å². The van der Waals surface area contributed by atoms with Gasteiger partial charge in [0.25, 0.3) is 29.5 Å². The third-order valence-corrected chi connectivity index (χ3v) is 13.2. The van der Waals surface area contributed by atoms with Crippen molar-refractivity contribution in [1.82, 2.24) is 25.8 Å². The normalized spacial score (nSPS) is 17.8. The molecule has 70 heavy (non-hydrogen) atoms. The number of piperidine rings is 2. The summed E-state index contributed by atoms with van der Waals surface area (Å²) >= 11 is 0. The van der Waals surface area contributed by atoms with Crippen molar-refractivity contribution in [2.75, 3.05) is 47.1 Å². The Morgan fingerprint density at radius 3 is 2.20 bits per heavy atom. The monoisotopic (exact) mass is 967 g/mol. The number of fused-ring (bicyclic) bond motifs is 1. The van der Waals surface area contributed by atoms with Gasteiger partial charge in [-0.1, -0.05) is 45.0 Å². The van der Waals surface area contributed by atoms with Gasteiger partial charge in [0, 0.05) is 31.5 Å². The maximum atomic E-state index is 13.7. The van der Waals surface area contributed by atoms with Crippen LogP contribution < -0.4 is 34.9 Å². The van der Waals surface area contributed by atoms with Gasteiger partial charge < -0.3 is 39.2 Å². The predicted octanol–water partition coefficient (Wildman–Crippen LogP) is 5.04. The molecule has 0 aromatic heterocycles. The maximum Gasteiger partial charge on any atom is 0.290 e. The van der Waals surface area contributed by atoms with Gasteiger partial charge in [-0.3, -0.25) is 48.6 Å². The summed E-state index contributed by atoms with van der Waals surface area (Å²) in [6, 6.07) is 16.2. The Morgan fingerprint density at radius 1 is 0.814 bits per heavy atom. The average molecular weight is 968 g/mol. The molecule has 18 nitrogen and oxygen atoms in total. The van der Waals surface area contributed by atoms with Crippen molar-refractivity contribution in [3.63, 3.8) is 0 Å². The Labute approximate surface area is 408 Å². The molecule has 6 rings (SSSR count). The summed E-state index contributed by atoms with van der Waals surface area (Å²) in [5.41, 5.74) is 1.06. The van der Waals surface area contributed by atoms with Crippen LogP contribution in [0.4, 0.5) is 0 Å². The number of imide groups is 2. The smallest absolute Gasteiger partial charge is 0.290 e. The van der Waals surface area contributed by atoms with Crippen LogP contribution >= 0.6 is 0 Å². The van der Waals surface area contributed by atoms with Crippen molar-refractivity contribution in [2.24, 2.45) is 5.41 Å². The molecule has 4 atom stereocenters. The SMILES string of the molecule is CCC(C)(C)C(=O)C(=O)N1CCCCC1C(C)O[C@H](CCc1ccc(OC)c(OC)c1)c1cccc(OCC(=O)NCCCCNC(=O)COc2cccc3c2C(=O)N(C2CCC(=O)NC2=O)C3=O)c1. The predicted molar refractivity (Wildman–Crippen MR) is 255 cm³/mol. The maximum absolute atomic E-state index is 13.7. The molecule has 18 heteroatoms. The number of nitrogens with one attached hydrogen (secondary N) is 3. The van der Waals surface area contributed by atoms with E-state index in [-0.39, 0.29) is 54.8 Å². The average Bonchev–Trinajstić information content (AvgIpc) is 3.62. The van der Waals surface area contributed by atoms with Crippen LogP contribution in [0, 0.1) is 5.41 Å². The van der Waals surface area contributed by atoms with Crippen molar-refractivity contribution < 1.29 is 62.0 Å². The number of ketones is 1. The van der Waals surface area contributed by atoms with Crippen molar-refractivity contribution in [3.05, 3.63) is 82.9 Å². The fourth-order valence-electron chi connectivity index (χ4n) is 8.78. The van der Waals surface area contributed by atoms with Gasteiger partial charge in [0.2, 0.25) is 17.6 Å². The van der Waals surface area contributed by atoms with Crippen LogP contribution in [0.1, 0.15) is 123 Å². The summed E-state index contributed by atoms with van der Waals surface area (Å²) in [5, 5.41) is 7.73.